The van der Waals surface area contributed by atoms with Gasteiger partial charge in [0, 0.05) is 18.0 Å². The number of nitrogens with zero attached hydrogens (tertiary/aromatic N) is 4. The molecule has 3 aliphatic heterocycles. The average Bonchev–Trinajstić information content (AvgIpc) is 2.61. The number of dihydropyridines is 1. The maximum Gasteiger partial charge on any atom is 0.445 e. The average molecular weight is 379 g/mol. The van der Waals surface area contributed by atoms with Crippen LogP contribution in [0, 0.1) is 5.92 Å². The van der Waals surface area contributed by atoms with Crippen molar-refractivity contribution in [2.24, 2.45) is 10.9 Å². The summed E-state index contributed by atoms with van der Waals surface area (Å²) >= 11 is 1.33. The Morgan fingerprint density at radius 3 is 2.65 bits per heavy atom. The lowest BCUT2D eigenvalue weighted by atomic mass is 10.0. The van der Waals surface area contributed by atoms with Gasteiger partial charge in [0.2, 0.25) is 5.91 Å². The number of amides is 4. The predicted octanol–water partition coefficient (Wildman–Crippen LogP) is 0.573. The van der Waals surface area contributed by atoms with Gasteiger partial charge in [-0.25, -0.2) is 4.79 Å². The van der Waals surface area contributed by atoms with Crippen LogP contribution in [-0.4, -0.2) is 89.4 Å². The van der Waals surface area contributed by atoms with Gasteiger partial charge in [-0.15, -0.1) is 16.8 Å². The van der Waals surface area contributed by atoms with Gasteiger partial charge < -0.3 is 9.64 Å². The number of aliphatic imine (C=N–C) groups is 1. The lowest BCUT2D eigenvalue weighted by molar-refractivity contribution is -0.407. The van der Waals surface area contributed by atoms with E-state index in [1.54, 1.807) is 24.2 Å². The number of morpholine rings is 1. The number of imide groups is 1. The van der Waals surface area contributed by atoms with Crippen LogP contribution in [0.15, 0.2) is 16.0 Å². The van der Waals surface area contributed by atoms with Gasteiger partial charge in [0.15, 0.2) is 5.92 Å². The summed E-state index contributed by atoms with van der Waals surface area (Å²) in [7, 11) is 3.06. The standard InChI is InChI=1S/C17H23N4O4S/c1-10-7-21(8-11(2)25-10)13(22)9-26-12-5-6-18-15-14(12)16(23)20(4)17(24)19(15)3/h5-6,10-11,14H,7-9H2,1-4H3/q+1. The van der Waals surface area contributed by atoms with Crippen molar-refractivity contribution in [2.75, 3.05) is 32.9 Å². The topological polar surface area (TPSA) is 82.3 Å². The van der Waals surface area contributed by atoms with Gasteiger partial charge in [-0.3, -0.25) is 9.59 Å². The minimum Gasteiger partial charge on any atom is -0.372 e. The quantitative estimate of drug-likeness (QED) is 0.670. The van der Waals surface area contributed by atoms with Gasteiger partial charge in [0.25, 0.3) is 5.84 Å². The van der Waals surface area contributed by atoms with Crippen LogP contribution >= 0.6 is 11.8 Å². The van der Waals surface area contributed by atoms with E-state index in [1.165, 1.54) is 23.4 Å². The van der Waals surface area contributed by atoms with Crippen molar-refractivity contribution in [1.82, 2.24) is 9.80 Å². The zero-order valence-electron chi connectivity index (χ0n) is 15.3. The highest BCUT2D eigenvalue weighted by Gasteiger charge is 2.47. The first-order valence-corrected chi connectivity index (χ1v) is 9.50. The third-order valence-corrected chi connectivity index (χ3v) is 5.71. The van der Waals surface area contributed by atoms with E-state index >= 15 is 0 Å². The van der Waals surface area contributed by atoms with E-state index in [9.17, 15) is 14.4 Å². The second-order valence-corrected chi connectivity index (χ2v) is 7.77. The molecular weight excluding hydrogens is 356 g/mol. The molecule has 3 heterocycles. The number of allylic oxidation sites excluding steroid dienone is 1. The predicted molar refractivity (Wildman–Crippen MR) is 98.5 cm³/mol. The van der Waals surface area contributed by atoms with Crippen LogP contribution in [0.25, 0.3) is 0 Å². The fraction of sp³-hybridized carbons (Fsp3) is 0.588. The molecule has 140 valence electrons. The molecule has 8 nitrogen and oxygen atoms in total. The molecule has 0 aromatic rings. The number of fused-ring (bicyclic) bond motifs is 1. The van der Waals surface area contributed by atoms with Crippen LogP contribution in [-0.2, 0) is 14.3 Å². The number of rotatable bonds is 3. The number of urea groups is 1. The second kappa shape index (κ2) is 7.32. The summed E-state index contributed by atoms with van der Waals surface area (Å²) in [6.07, 6.45) is 3.34. The Kier molecular flexibility index (Phi) is 5.29. The van der Waals surface area contributed by atoms with E-state index in [0.717, 1.165) is 9.81 Å². The van der Waals surface area contributed by atoms with Gasteiger partial charge in [0.1, 0.15) is 6.21 Å². The van der Waals surface area contributed by atoms with Crippen molar-refractivity contribution >= 4 is 41.7 Å². The molecule has 9 heteroatoms. The summed E-state index contributed by atoms with van der Waals surface area (Å²) in [5.74, 6) is -0.294. The van der Waals surface area contributed by atoms with Crippen molar-refractivity contribution < 1.29 is 23.7 Å². The van der Waals surface area contributed by atoms with E-state index in [-0.39, 0.29) is 29.8 Å². The SMILES string of the molecule is CC1CN(C(=O)CSC2=CC=NC3=[N+](C)C(=O)N(C)C(=O)C23)CC(C)O1. The van der Waals surface area contributed by atoms with E-state index in [4.69, 9.17) is 4.74 Å². The summed E-state index contributed by atoms with van der Waals surface area (Å²) in [5, 5.41) is 0. The normalized spacial score (nSPS) is 29.1. The Balaban J connectivity index is 1.71. The monoisotopic (exact) mass is 379 g/mol. The molecule has 0 saturated carbocycles. The smallest absolute Gasteiger partial charge is 0.372 e. The van der Waals surface area contributed by atoms with Crippen molar-refractivity contribution in [3.8, 4) is 0 Å². The molecule has 0 aromatic carbocycles. The fourth-order valence-corrected chi connectivity index (χ4v) is 4.36. The minimum atomic E-state index is -0.631. The number of hydrogen-bond acceptors (Lipinski definition) is 6. The largest absolute Gasteiger partial charge is 0.445 e. The van der Waals surface area contributed by atoms with E-state index in [2.05, 4.69) is 4.99 Å². The van der Waals surface area contributed by atoms with Crippen LogP contribution in [0.3, 0.4) is 0 Å². The summed E-state index contributed by atoms with van der Waals surface area (Å²) in [6, 6.07) is -0.406. The Morgan fingerprint density at radius 2 is 2.00 bits per heavy atom. The van der Waals surface area contributed by atoms with Gasteiger partial charge in [-0.05, 0) is 19.9 Å². The number of carbonyl (C=O) groups excluding carboxylic acids is 3. The van der Waals surface area contributed by atoms with Crippen molar-refractivity contribution in [3.05, 3.63) is 11.0 Å². The highest BCUT2D eigenvalue weighted by molar-refractivity contribution is 8.03. The van der Waals surface area contributed by atoms with Crippen molar-refractivity contribution in [1.29, 1.82) is 0 Å². The molecule has 1 fully saturated rings. The molecule has 3 atom stereocenters. The highest BCUT2D eigenvalue weighted by Crippen LogP contribution is 2.31. The second-order valence-electron chi connectivity index (χ2n) is 6.72. The molecule has 0 aliphatic carbocycles. The molecule has 3 unspecified atom stereocenters. The molecule has 4 amide bonds. The zero-order valence-corrected chi connectivity index (χ0v) is 16.2. The van der Waals surface area contributed by atoms with Crippen LogP contribution in [0.5, 0.6) is 0 Å². The van der Waals surface area contributed by atoms with Crippen molar-refractivity contribution in [2.45, 2.75) is 26.1 Å². The fourth-order valence-electron chi connectivity index (χ4n) is 3.36. The van der Waals surface area contributed by atoms with Gasteiger partial charge >= 0.3 is 11.9 Å². The number of thioether (sulfide) groups is 1. The van der Waals surface area contributed by atoms with Crippen LogP contribution in [0.1, 0.15) is 13.8 Å². The molecule has 3 rings (SSSR count). The third kappa shape index (κ3) is 3.45. The minimum absolute atomic E-state index is 0.0156. The van der Waals surface area contributed by atoms with E-state index in [1.807, 2.05) is 13.8 Å². The molecule has 0 spiro atoms. The van der Waals surface area contributed by atoms with E-state index in [0.29, 0.717) is 18.9 Å². The highest BCUT2D eigenvalue weighted by atomic mass is 32.2. The first-order chi connectivity index (χ1) is 12.3. The van der Waals surface area contributed by atoms with E-state index < -0.39 is 11.9 Å². The molecule has 0 N–H and O–H groups in total. The lowest BCUT2D eigenvalue weighted by Gasteiger charge is -2.35. The molecule has 0 aromatic heterocycles. The van der Waals surface area contributed by atoms with Gasteiger partial charge in [0.05, 0.1) is 32.1 Å². The van der Waals surface area contributed by atoms with Crippen LogP contribution < -0.4 is 0 Å². The third-order valence-electron chi connectivity index (χ3n) is 4.62. The number of carbonyl (C=O) groups is 3. The summed E-state index contributed by atoms with van der Waals surface area (Å²) in [4.78, 5) is 45.1. The molecule has 0 radical (unpaired) electrons. The van der Waals surface area contributed by atoms with Crippen LogP contribution in [0.4, 0.5) is 4.79 Å². The van der Waals surface area contributed by atoms with Gasteiger partial charge in [-0.2, -0.15) is 9.48 Å². The maximum atomic E-state index is 12.6. The Hall–Kier alpha value is -2.00. The lowest BCUT2D eigenvalue weighted by Crippen LogP contribution is -2.52. The summed E-state index contributed by atoms with van der Waals surface area (Å²) < 4.78 is 7.04. The molecular formula is C17H23N4O4S+. The molecule has 26 heavy (non-hydrogen) atoms. The number of amidine groups is 1. The van der Waals surface area contributed by atoms with Gasteiger partial charge in [-0.1, -0.05) is 0 Å². The molecule has 1 saturated heterocycles. The van der Waals surface area contributed by atoms with Crippen molar-refractivity contribution in [3.63, 3.8) is 0 Å². The number of ether oxygens (including phenoxy) is 1. The maximum absolute atomic E-state index is 12.6. The first kappa shape index (κ1) is 18.8. The summed E-state index contributed by atoms with van der Waals surface area (Å²) in [6.45, 7) is 5.05. The Labute approximate surface area is 156 Å². The Bertz CT molecular complexity index is 735. The zero-order chi connectivity index (χ0) is 19.0. The molecule has 3 aliphatic rings. The number of hydrogen-bond donors (Lipinski definition) is 0. The summed E-state index contributed by atoms with van der Waals surface area (Å²) in [5.41, 5.74) is 0. The van der Waals surface area contributed by atoms with Crippen LogP contribution in [0.2, 0.25) is 0 Å². The Morgan fingerprint density at radius 1 is 1.35 bits per heavy atom. The molecule has 0 bridgehead atoms. The first-order valence-electron chi connectivity index (χ1n) is 8.52.